The van der Waals surface area contributed by atoms with Crippen LogP contribution in [0.4, 0.5) is 5.82 Å². The number of rotatable bonds is 2. The van der Waals surface area contributed by atoms with Crippen LogP contribution in [0.25, 0.3) is 10.2 Å². The smallest absolute Gasteiger partial charge is 0.264 e. The molecule has 1 unspecified atom stereocenters. The number of fused-ring (bicyclic) bond motifs is 1. The van der Waals surface area contributed by atoms with Crippen molar-refractivity contribution in [2.45, 2.75) is 46.1 Å². The van der Waals surface area contributed by atoms with E-state index in [1.165, 1.54) is 6.42 Å². The lowest BCUT2D eigenvalue weighted by atomic mass is 10.0. The molecule has 4 rings (SSSR count). The van der Waals surface area contributed by atoms with Crippen LogP contribution < -0.4 is 4.90 Å². The quantitative estimate of drug-likeness (QED) is 0.793. The number of piperazine rings is 1. The van der Waals surface area contributed by atoms with E-state index in [1.807, 2.05) is 6.92 Å². The van der Waals surface area contributed by atoms with Crippen LogP contribution in [0.15, 0.2) is 0 Å². The van der Waals surface area contributed by atoms with Gasteiger partial charge in [0.05, 0.1) is 10.3 Å². The molecule has 4 heterocycles. The van der Waals surface area contributed by atoms with Crippen LogP contribution in [-0.2, 0) is 0 Å². The van der Waals surface area contributed by atoms with Crippen LogP contribution in [-0.4, -0.2) is 71.5 Å². The molecule has 0 bridgehead atoms. The summed E-state index contributed by atoms with van der Waals surface area (Å²) in [4.78, 5) is 31.3. The predicted octanol–water partition coefficient (Wildman–Crippen LogP) is 3.07. The third kappa shape index (κ3) is 3.43. The largest absolute Gasteiger partial charge is 0.353 e. The fourth-order valence-corrected chi connectivity index (χ4v) is 5.38. The highest BCUT2D eigenvalue weighted by Crippen LogP contribution is 2.37. The van der Waals surface area contributed by atoms with Crippen LogP contribution in [0.1, 0.15) is 47.2 Å². The molecule has 2 aliphatic heterocycles. The van der Waals surface area contributed by atoms with Crippen LogP contribution in [0.2, 0.25) is 0 Å². The first-order chi connectivity index (χ1) is 13.0. The van der Waals surface area contributed by atoms with Gasteiger partial charge < -0.3 is 14.7 Å². The third-order valence-electron chi connectivity index (χ3n) is 5.94. The number of carbonyl (C=O) groups is 1. The van der Waals surface area contributed by atoms with Gasteiger partial charge in [0.1, 0.15) is 16.5 Å². The first-order valence-electron chi connectivity index (χ1n) is 9.98. The average molecular weight is 388 g/mol. The van der Waals surface area contributed by atoms with Crippen LogP contribution >= 0.6 is 11.3 Å². The zero-order chi connectivity index (χ0) is 19.1. The van der Waals surface area contributed by atoms with Gasteiger partial charge in [-0.1, -0.05) is 0 Å². The van der Waals surface area contributed by atoms with Crippen molar-refractivity contribution in [3.05, 3.63) is 16.3 Å². The van der Waals surface area contributed by atoms with E-state index >= 15 is 0 Å². The maximum absolute atomic E-state index is 13.3. The Morgan fingerprint density at radius 3 is 2.52 bits per heavy atom. The van der Waals surface area contributed by atoms with Gasteiger partial charge in [0.15, 0.2) is 0 Å². The van der Waals surface area contributed by atoms with E-state index in [0.29, 0.717) is 6.04 Å². The topological polar surface area (TPSA) is 52.6 Å². The monoisotopic (exact) mass is 387 g/mol. The highest BCUT2D eigenvalue weighted by atomic mass is 32.1. The number of hydrogen-bond acceptors (Lipinski definition) is 6. The number of likely N-dealkylation sites (N-methyl/N-ethyl adjacent to an activating group) is 1. The molecule has 0 aliphatic carbocycles. The number of nitrogens with zero attached hydrogens (tertiary/aromatic N) is 5. The maximum Gasteiger partial charge on any atom is 0.264 e. The summed E-state index contributed by atoms with van der Waals surface area (Å²) in [7, 11) is 2.16. The Hall–Kier alpha value is -1.73. The molecule has 0 saturated carbocycles. The fraction of sp³-hybridized carbons (Fsp3) is 0.650. The third-order valence-corrected chi connectivity index (χ3v) is 7.12. The lowest BCUT2D eigenvalue weighted by molar-refractivity contribution is 0.0640. The summed E-state index contributed by atoms with van der Waals surface area (Å²) in [6, 6.07) is 0.320. The van der Waals surface area contributed by atoms with Crippen molar-refractivity contribution in [1.29, 1.82) is 0 Å². The van der Waals surface area contributed by atoms with Crippen LogP contribution in [0.5, 0.6) is 0 Å². The normalized spacial score (nSPS) is 21.9. The minimum Gasteiger partial charge on any atom is -0.353 e. The Balaban J connectivity index is 1.75. The second-order valence-corrected chi connectivity index (χ2v) is 8.96. The Bertz CT molecular complexity index is 856. The van der Waals surface area contributed by atoms with E-state index in [-0.39, 0.29) is 5.91 Å². The van der Waals surface area contributed by atoms with Crippen molar-refractivity contribution in [2.75, 3.05) is 44.7 Å². The van der Waals surface area contributed by atoms with Gasteiger partial charge in [-0.3, -0.25) is 4.79 Å². The number of anilines is 1. The molecule has 2 aromatic rings. The number of piperidine rings is 1. The van der Waals surface area contributed by atoms with Crippen molar-refractivity contribution in [1.82, 2.24) is 19.8 Å². The molecule has 2 aromatic heterocycles. The lowest BCUT2D eigenvalue weighted by Crippen LogP contribution is -2.45. The molecule has 2 aliphatic rings. The molecule has 0 N–H and O–H groups in total. The van der Waals surface area contributed by atoms with E-state index in [2.05, 4.69) is 40.6 Å². The Labute approximate surface area is 165 Å². The molecule has 1 amide bonds. The number of hydrogen-bond donors (Lipinski definition) is 0. The molecule has 2 saturated heterocycles. The molecule has 0 aromatic carbocycles. The van der Waals surface area contributed by atoms with E-state index in [4.69, 9.17) is 4.98 Å². The second-order valence-electron chi connectivity index (χ2n) is 7.96. The standard InChI is InChI=1S/C20H29N5OS/c1-13-7-5-6-8-25(13)20(26)17-14(2)16-18(21-15(3)22-19(16)27-17)24-11-9-23(4)10-12-24/h13H,5-12H2,1-4H3. The summed E-state index contributed by atoms with van der Waals surface area (Å²) in [6.07, 6.45) is 3.42. The summed E-state index contributed by atoms with van der Waals surface area (Å²) in [6.45, 7) is 11.0. The summed E-state index contributed by atoms with van der Waals surface area (Å²) < 4.78 is 0. The second kappa shape index (κ2) is 7.36. The maximum atomic E-state index is 13.3. The van der Waals surface area contributed by atoms with Gasteiger partial charge in [-0.05, 0) is 52.6 Å². The summed E-state index contributed by atoms with van der Waals surface area (Å²) in [5.41, 5.74) is 1.05. The number of aromatic nitrogens is 2. The van der Waals surface area contributed by atoms with Crippen molar-refractivity contribution in [3.63, 3.8) is 0 Å². The van der Waals surface area contributed by atoms with Gasteiger partial charge in [0.25, 0.3) is 5.91 Å². The first-order valence-corrected chi connectivity index (χ1v) is 10.8. The van der Waals surface area contributed by atoms with Crippen molar-refractivity contribution in [3.8, 4) is 0 Å². The zero-order valence-electron chi connectivity index (χ0n) is 16.8. The van der Waals surface area contributed by atoms with E-state index in [0.717, 1.165) is 77.9 Å². The predicted molar refractivity (Wildman–Crippen MR) is 111 cm³/mol. The van der Waals surface area contributed by atoms with E-state index in [9.17, 15) is 4.79 Å². The Kier molecular flexibility index (Phi) is 5.07. The molecule has 146 valence electrons. The Morgan fingerprint density at radius 1 is 1.07 bits per heavy atom. The van der Waals surface area contributed by atoms with Gasteiger partial charge in [-0.2, -0.15) is 0 Å². The molecule has 1 atom stereocenters. The summed E-state index contributed by atoms with van der Waals surface area (Å²) in [5.74, 6) is 1.96. The summed E-state index contributed by atoms with van der Waals surface area (Å²) >= 11 is 1.54. The van der Waals surface area contributed by atoms with Gasteiger partial charge in [-0.15, -0.1) is 11.3 Å². The lowest BCUT2D eigenvalue weighted by Gasteiger charge is -2.34. The van der Waals surface area contributed by atoms with Gasteiger partial charge >= 0.3 is 0 Å². The zero-order valence-corrected chi connectivity index (χ0v) is 17.6. The molecular weight excluding hydrogens is 358 g/mol. The van der Waals surface area contributed by atoms with E-state index < -0.39 is 0 Å². The number of amides is 1. The Morgan fingerprint density at radius 2 is 1.81 bits per heavy atom. The molecular formula is C20H29N5OS. The van der Waals surface area contributed by atoms with Crippen LogP contribution in [0.3, 0.4) is 0 Å². The molecule has 0 radical (unpaired) electrons. The molecule has 2 fully saturated rings. The van der Waals surface area contributed by atoms with Crippen molar-refractivity contribution >= 4 is 33.3 Å². The average Bonchev–Trinajstić information content (AvgIpc) is 2.98. The SMILES string of the molecule is Cc1nc(N2CCN(C)CC2)c2c(C)c(C(=O)N3CCCCC3C)sc2n1. The number of thiophene rings is 1. The van der Waals surface area contributed by atoms with Crippen LogP contribution in [0, 0.1) is 13.8 Å². The highest BCUT2D eigenvalue weighted by molar-refractivity contribution is 7.20. The van der Waals surface area contributed by atoms with Gasteiger partial charge in [0, 0.05) is 38.8 Å². The fourth-order valence-electron chi connectivity index (χ4n) is 4.20. The minimum absolute atomic E-state index is 0.171. The summed E-state index contributed by atoms with van der Waals surface area (Å²) in [5, 5.41) is 1.07. The molecule has 27 heavy (non-hydrogen) atoms. The van der Waals surface area contributed by atoms with Crippen molar-refractivity contribution < 1.29 is 4.79 Å². The van der Waals surface area contributed by atoms with Crippen molar-refractivity contribution in [2.24, 2.45) is 0 Å². The van der Waals surface area contributed by atoms with Gasteiger partial charge in [0.2, 0.25) is 0 Å². The number of carbonyl (C=O) groups excluding carboxylic acids is 1. The molecule has 6 nitrogen and oxygen atoms in total. The van der Waals surface area contributed by atoms with Gasteiger partial charge in [-0.25, -0.2) is 9.97 Å². The first kappa shape index (κ1) is 18.6. The highest BCUT2D eigenvalue weighted by Gasteiger charge is 2.29. The number of aryl methyl sites for hydroxylation is 2. The van der Waals surface area contributed by atoms with E-state index in [1.54, 1.807) is 11.3 Å². The minimum atomic E-state index is 0.171. The molecule has 7 heteroatoms. The molecule has 0 spiro atoms. The number of likely N-dealkylation sites (tertiary alicyclic amines) is 1.